The maximum atomic E-state index is 12.1. The van der Waals surface area contributed by atoms with Gasteiger partial charge in [0.1, 0.15) is 0 Å². The molecule has 1 aliphatic rings. The van der Waals surface area contributed by atoms with Gasteiger partial charge in [0.2, 0.25) is 6.79 Å². The number of Topliss-reactive ketones (excluding diaryl/α,β-unsaturated/α-hetero) is 1. The largest absolute Gasteiger partial charge is 0.454 e. The highest BCUT2D eigenvalue weighted by molar-refractivity contribution is 5.98. The van der Waals surface area contributed by atoms with Crippen molar-refractivity contribution in [2.45, 2.75) is 6.92 Å². The van der Waals surface area contributed by atoms with Crippen molar-refractivity contribution in [2.24, 2.45) is 0 Å². The number of benzene rings is 1. The molecule has 0 spiro atoms. The predicted molar refractivity (Wildman–Crippen MR) is 70.9 cm³/mol. The summed E-state index contributed by atoms with van der Waals surface area (Å²) >= 11 is 0. The molecule has 0 amide bonds. The standard InChI is InChI=1S/C14H19NO4/c1-3-17-7-6-15(2)9-12(16)11-4-5-13-14(8-11)19-10-18-13/h4-5,8H,3,6-7,9-10H2,1-2H3. The number of fused-ring (bicyclic) bond motifs is 1. The Morgan fingerprint density at radius 2 is 2.16 bits per heavy atom. The van der Waals surface area contributed by atoms with Gasteiger partial charge in [-0.25, -0.2) is 0 Å². The summed E-state index contributed by atoms with van der Waals surface area (Å²) < 4.78 is 15.7. The average Bonchev–Trinajstić information content (AvgIpc) is 2.86. The second-order valence-electron chi connectivity index (χ2n) is 4.43. The van der Waals surface area contributed by atoms with Crippen molar-refractivity contribution >= 4 is 5.78 Å². The smallest absolute Gasteiger partial charge is 0.231 e. The zero-order chi connectivity index (χ0) is 13.7. The van der Waals surface area contributed by atoms with Gasteiger partial charge in [0.15, 0.2) is 17.3 Å². The molecule has 0 bridgehead atoms. The summed E-state index contributed by atoms with van der Waals surface area (Å²) in [6.07, 6.45) is 0. The van der Waals surface area contributed by atoms with Crippen LogP contribution < -0.4 is 9.47 Å². The van der Waals surface area contributed by atoms with E-state index in [1.807, 2.05) is 18.9 Å². The number of hydrogen-bond acceptors (Lipinski definition) is 5. The fourth-order valence-corrected chi connectivity index (χ4v) is 1.85. The first kappa shape index (κ1) is 13.8. The second kappa shape index (κ2) is 6.54. The Morgan fingerprint density at radius 1 is 1.37 bits per heavy atom. The van der Waals surface area contributed by atoms with Crippen LogP contribution in [-0.2, 0) is 4.74 Å². The van der Waals surface area contributed by atoms with Gasteiger partial charge < -0.3 is 14.2 Å². The SMILES string of the molecule is CCOCCN(C)CC(=O)c1ccc2c(c1)OCO2. The van der Waals surface area contributed by atoms with Gasteiger partial charge in [-0.05, 0) is 32.2 Å². The topological polar surface area (TPSA) is 48.0 Å². The summed E-state index contributed by atoms with van der Waals surface area (Å²) in [4.78, 5) is 14.1. The van der Waals surface area contributed by atoms with E-state index in [9.17, 15) is 4.79 Å². The van der Waals surface area contributed by atoms with Crippen LogP contribution in [0.15, 0.2) is 18.2 Å². The normalized spacial score (nSPS) is 13.0. The van der Waals surface area contributed by atoms with Crippen LogP contribution in [0.1, 0.15) is 17.3 Å². The molecule has 1 heterocycles. The lowest BCUT2D eigenvalue weighted by Crippen LogP contribution is -2.29. The van der Waals surface area contributed by atoms with Crippen molar-refractivity contribution in [3.8, 4) is 11.5 Å². The molecule has 0 N–H and O–H groups in total. The molecule has 0 aromatic heterocycles. The number of carbonyl (C=O) groups is 1. The van der Waals surface area contributed by atoms with E-state index < -0.39 is 0 Å². The van der Waals surface area contributed by atoms with Crippen molar-refractivity contribution < 1.29 is 19.0 Å². The van der Waals surface area contributed by atoms with Gasteiger partial charge in [-0.1, -0.05) is 0 Å². The Balaban J connectivity index is 1.89. The Bertz CT molecular complexity index is 447. The highest BCUT2D eigenvalue weighted by atomic mass is 16.7. The number of ketones is 1. The van der Waals surface area contributed by atoms with Gasteiger partial charge in [-0.2, -0.15) is 0 Å². The van der Waals surface area contributed by atoms with E-state index in [2.05, 4.69) is 0 Å². The van der Waals surface area contributed by atoms with Gasteiger partial charge in [-0.3, -0.25) is 9.69 Å². The van der Waals surface area contributed by atoms with Crippen LogP contribution in [0.2, 0.25) is 0 Å². The monoisotopic (exact) mass is 265 g/mol. The number of carbonyl (C=O) groups excluding carboxylic acids is 1. The molecule has 1 aliphatic heterocycles. The minimum Gasteiger partial charge on any atom is -0.454 e. The maximum absolute atomic E-state index is 12.1. The molecule has 5 heteroatoms. The van der Waals surface area contributed by atoms with Gasteiger partial charge in [0.25, 0.3) is 0 Å². The van der Waals surface area contributed by atoms with E-state index in [1.165, 1.54) is 0 Å². The lowest BCUT2D eigenvalue weighted by atomic mass is 10.1. The van der Waals surface area contributed by atoms with Crippen LogP contribution in [0.5, 0.6) is 11.5 Å². The Morgan fingerprint density at radius 3 is 2.95 bits per heavy atom. The molecule has 0 saturated heterocycles. The quantitative estimate of drug-likeness (QED) is 0.553. The van der Waals surface area contributed by atoms with Gasteiger partial charge >= 0.3 is 0 Å². The van der Waals surface area contributed by atoms with Crippen LogP contribution in [0, 0.1) is 0 Å². The summed E-state index contributed by atoms with van der Waals surface area (Å²) in [7, 11) is 1.91. The van der Waals surface area contributed by atoms with E-state index in [0.717, 1.165) is 6.54 Å². The third-order valence-corrected chi connectivity index (χ3v) is 2.93. The lowest BCUT2D eigenvalue weighted by Gasteiger charge is -2.15. The molecule has 1 aromatic rings. The molecule has 0 fully saturated rings. The molecule has 5 nitrogen and oxygen atoms in total. The fraction of sp³-hybridized carbons (Fsp3) is 0.500. The maximum Gasteiger partial charge on any atom is 0.231 e. The Kier molecular flexibility index (Phi) is 4.76. The van der Waals surface area contributed by atoms with Crippen LogP contribution in [0.4, 0.5) is 0 Å². The molecule has 0 radical (unpaired) electrons. The number of nitrogens with zero attached hydrogens (tertiary/aromatic N) is 1. The van der Waals surface area contributed by atoms with Gasteiger partial charge in [0, 0.05) is 18.7 Å². The second-order valence-corrected chi connectivity index (χ2v) is 4.43. The summed E-state index contributed by atoms with van der Waals surface area (Å²) in [6, 6.07) is 5.28. The van der Waals surface area contributed by atoms with E-state index in [1.54, 1.807) is 18.2 Å². The van der Waals surface area contributed by atoms with Gasteiger partial charge in [-0.15, -0.1) is 0 Å². The van der Waals surface area contributed by atoms with E-state index in [-0.39, 0.29) is 12.6 Å². The number of likely N-dealkylation sites (N-methyl/N-ethyl adjacent to an activating group) is 1. The van der Waals surface area contributed by atoms with Crippen LogP contribution >= 0.6 is 0 Å². The molecule has 0 aliphatic carbocycles. The summed E-state index contributed by atoms with van der Waals surface area (Å²) in [5, 5.41) is 0. The molecule has 2 rings (SSSR count). The zero-order valence-corrected chi connectivity index (χ0v) is 11.3. The molecule has 0 saturated carbocycles. The zero-order valence-electron chi connectivity index (χ0n) is 11.3. The van der Waals surface area contributed by atoms with Crippen LogP contribution in [0.3, 0.4) is 0 Å². The molecular formula is C14H19NO4. The summed E-state index contributed by atoms with van der Waals surface area (Å²) in [5.74, 6) is 1.40. The van der Waals surface area contributed by atoms with Gasteiger partial charge in [0.05, 0.1) is 13.2 Å². The third-order valence-electron chi connectivity index (χ3n) is 2.93. The van der Waals surface area contributed by atoms with E-state index in [4.69, 9.17) is 14.2 Å². The highest BCUT2D eigenvalue weighted by Crippen LogP contribution is 2.32. The molecule has 104 valence electrons. The molecule has 19 heavy (non-hydrogen) atoms. The minimum atomic E-state index is 0.0669. The summed E-state index contributed by atoms with van der Waals surface area (Å²) in [5.41, 5.74) is 0.646. The lowest BCUT2D eigenvalue weighted by molar-refractivity contribution is 0.0896. The number of ether oxygens (including phenoxy) is 3. The van der Waals surface area contributed by atoms with E-state index in [0.29, 0.717) is 36.8 Å². The molecule has 1 aromatic carbocycles. The first-order valence-corrected chi connectivity index (χ1v) is 6.40. The van der Waals surface area contributed by atoms with Crippen LogP contribution in [0.25, 0.3) is 0 Å². The first-order chi connectivity index (χ1) is 9.20. The fourth-order valence-electron chi connectivity index (χ4n) is 1.85. The van der Waals surface area contributed by atoms with Crippen molar-refractivity contribution in [3.05, 3.63) is 23.8 Å². The van der Waals surface area contributed by atoms with Crippen LogP contribution in [-0.4, -0.2) is 50.8 Å². The minimum absolute atomic E-state index is 0.0669. The van der Waals surface area contributed by atoms with Crippen molar-refractivity contribution in [2.75, 3.05) is 40.1 Å². The molecule has 0 atom stereocenters. The number of rotatable bonds is 7. The average molecular weight is 265 g/mol. The Labute approximate surface area is 113 Å². The predicted octanol–water partition coefficient (Wildman–Crippen LogP) is 1.57. The first-order valence-electron chi connectivity index (χ1n) is 6.40. The van der Waals surface area contributed by atoms with Crippen molar-refractivity contribution in [1.82, 2.24) is 4.90 Å². The Hall–Kier alpha value is -1.59. The van der Waals surface area contributed by atoms with Crippen molar-refractivity contribution in [3.63, 3.8) is 0 Å². The van der Waals surface area contributed by atoms with Crippen molar-refractivity contribution in [1.29, 1.82) is 0 Å². The van der Waals surface area contributed by atoms with E-state index >= 15 is 0 Å². The molecular weight excluding hydrogens is 246 g/mol. The highest BCUT2D eigenvalue weighted by Gasteiger charge is 2.16. The summed E-state index contributed by atoms with van der Waals surface area (Å²) in [6.45, 7) is 4.63. The molecule has 0 unspecified atom stereocenters. The third kappa shape index (κ3) is 3.68. The number of hydrogen-bond donors (Lipinski definition) is 0.